The molecule has 1 saturated heterocycles. The number of aromatic nitrogens is 5. The molecule has 5 rings (SSSR count). The molecule has 30 heavy (non-hydrogen) atoms. The zero-order valence-electron chi connectivity index (χ0n) is 16.0. The molecular formula is C20H19F3N6O. The maximum absolute atomic E-state index is 13.4. The van der Waals surface area contributed by atoms with Crippen molar-refractivity contribution in [2.45, 2.75) is 12.6 Å². The summed E-state index contributed by atoms with van der Waals surface area (Å²) in [5.41, 5.74) is 1.74. The molecule has 156 valence electrons. The van der Waals surface area contributed by atoms with Crippen LogP contribution >= 0.6 is 0 Å². The SMILES string of the molecule is FC(F)(F)c1[nH]ncc1-c1cc(CCN2CCOCC2)c2c(ccc3[nH]ncc32)n1. The minimum absolute atomic E-state index is 0.0516. The van der Waals surface area contributed by atoms with Crippen LogP contribution in [0.3, 0.4) is 0 Å². The van der Waals surface area contributed by atoms with E-state index >= 15 is 0 Å². The van der Waals surface area contributed by atoms with Crippen molar-refractivity contribution in [2.24, 2.45) is 0 Å². The Hall–Kier alpha value is -2.98. The largest absolute Gasteiger partial charge is 0.433 e. The number of halogens is 3. The lowest BCUT2D eigenvalue weighted by Crippen LogP contribution is -2.37. The number of aromatic amines is 2. The summed E-state index contributed by atoms with van der Waals surface area (Å²) in [5.74, 6) is 0. The lowest BCUT2D eigenvalue weighted by molar-refractivity contribution is -0.140. The first-order valence-electron chi connectivity index (χ1n) is 9.67. The predicted octanol–water partition coefficient (Wildman–Crippen LogP) is 3.39. The maximum Gasteiger partial charge on any atom is 0.433 e. The molecule has 2 N–H and O–H groups in total. The van der Waals surface area contributed by atoms with E-state index in [1.165, 1.54) is 6.20 Å². The molecular weight excluding hydrogens is 397 g/mol. The Labute approximate surface area is 169 Å². The summed E-state index contributed by atoms with van der Waals surface area (Å²) in [6.07, 6.45) is -0.949. The van der Waals surface area contributed by atoms with Crippen molar-refractivity contribution in [1.82, 2.24) is 30.3 Å². The van der Waals surface area contributed by atoms with Gasteiger partial charge in [0.2, 0.25) is 0 Å². The third-order valence-electron chi connectivity index (χ3n) is 5.47. The number of nitrogens with zero attached hydrogens (tertiary/aromatic N) is 4. The van der Waals surface area contributed by atoms with Crippen LogP contribution in [0.15, 0.2) is 30.6 Å². The summed E-state index contributed by atoms with van der Waals surface area (Å²) in [4.78, 5) is 6.84. The maximum atomic E-state index is 13.4. The smallest absolute Gasteiger partial charge is 0.379 e. The van der Waals surface area contributed by atoms with E-state index in [1.54, 1.807) is 12.3 Å². The third-order valence-corrected chi connectivity index (χ3v) is 5.47. The van der Waals surface area contributed by atoms with E-state index in [0.29, 0.717) is 25.2 Å². The molecule has 0 spiro atoms. The van der Waals surface area contributed by atoms with Crippen LogP contribution in [0, 0.1) is 0 Å². The van der Waals surface area contributed by atoms with Crippen molar-refractivity contribution >= 4 is 21.8 Å². The third kappa shape index (κ3) is 3.41. The van der Waals surface area contributed by atoms with Crippen LogP contribution < -0.4 is 0 Å². The number of hydrogen-bond donors (Lipinski definition) is 2. The van der Waals surface area contributed by atoms with Gasteiger partial charge in [0.15, 0.2) is 0 Å². The van der Waals surface area contributed by atoms with Crippen LogP contribution in [-0.2, 0) is 17.3 Å². The highest BCUT2D eigenvalue weighted by molar-refractivity contribution is 6.07. The Morgan fingerprint density at radius 1 is 1.07 bits per heavy atom. The highest BCUT2D eigenvalue weighted by atomic mass is 19.4. The number of morpholine rings is 1. The molecule has 1 fully saturated rings. The fourth-order valence-corrected chi connectivity index (χ4v) is 3.97. The van der Waals surface area contributed by atoms with E-state index in [4.69, 9.17) is 4.74 Å². The van der Waals surface area contributed by atoms with Crippen molar-refractivity contribution in [3.05, 3.63) is 41.9 Å². The quantitative estimate of drug-likeness (QED) is 0.533. The van der Waals surface area contributed by atoms with E-state index in [1.807, 2.05) is 12.1 Å². The van der Waals surface area contributed by atoms with Crippen LogP contribution in [0.25, 0.3) is 33.1 Å². The van der Waals surface area contributed by atoms with Crippen LogP contribution in [0.2, 0.25) is 0 Å². The molecule has 0 amide bonds. The molecule has 0 unspecified atom stereocenters. The number of alkyl halides is 3. The van der Waals surface area contributed by atoms with Crippen molar-refractivity contribution in [2.75, 3.05) is 32.8 Å². The first kappa shape index (κ1) is 19.0. The van der Waals surface area contributed by atoms with Gasteiger partial charge in [-0.25, -0.2) is 4.98 Å². The predicted molar refractivity (Wildman–Crippen MR) is 105 cm³/mol. The summed E-state index contributed by atoms with van der Waals surface area (Å²) in [7, 11) is 0. The summed E-state index contributed by atoms with van der Waals surface area (Å²) in [6.45, 7) is 3.86. The first-order chi connectivity index (χ1) is 14.5. The van der Waals surface area contributed by atoms with Gasteiger partial charge in [-0.3, -0.25) is 15.1 Å². The number of benzene rings is 1. The van der Waals surface area contributed by atoms with Gasteiger partial charge in [0.05, 0.1) is 47.9 Å². The molecule has 0 radical (unpaired) electrons. The molecule has 0 saturated carbocycles. The zero-order chi connectivity index (χ0) is 20.7. The number of pyridine rings is 1. The van der Waals surface area contributed by atoms with E-state index in [9.17, 15) is 13.2 Å². The van der Waals surface area contributed by atoms with Gasteiger partial charge in [-0.05, 0) is 30.2 Å². The van der Waals surface area contributed by atoms with Crippen LogP contribution in [-0.4, -0.2) is 63.1 Å². The molecule has 0 atom stereocenters. The fourth-order valence-electron chi connectivity index (χ4n) is 3.97. The van der Waals surface area contributed by atoms with Gasteiger partial charge in [0.25, 0.3) is 0 Å². The number of nitrogens with one attached hydrogen (secondary N) is 2. The Morgan fingerprint density at radius 2 is 1.87 bits per heavy atom. The first-order valence-corrected chi connectivity index (χ1v) is 9.67. The van der Waals surface area contributed by atoms with Gasteiger partial charge in [0.1, 0.15) is 5.69 Å². The number of hydrogen-bond acceptors (Lipinski definition) is 5. The lowest BCUT2D eigenvalue weighted by atomic mass is 9.99. The summed E-state index contributed by atoms with van der Waals surface area (Å²) in [5, 5.41) is 14.6. The molecule has 7 nitrogen and oxygen atoms in total. The highest BCUT2D eigenvalue weighted by Gasteiger charge is 2.36. The molecule has 0 aliphatic carbocycles. The van der Waals surface area contributed by atoms with Crippen LogP contribution in [0.5, 0.6) is 0 Å². The summed E-state index contributed by atoms with van der Waals surface area (Å²) < 4.78 is 45.6. The topological polar surface area (TPSA) is 82.7 Å². The number of fused-ring (bicyclic) bond motifs is 3. The minimum atomic E-state index is -4.54. The van der Waals surface area contributed by atoms with Gasteiger partial charge >= 0.3 is 6.18 Å². The van der Waals surface area contributed by atoms with Crippen LogP contribution in [0.4, 0.5) is 13.2 Å². The molecule has 4 heterocycles. The number of H-pyrrole nitrogens is 2. The molecule has 3 aromatic heterocycles. The lowest BCUT2D eigenvalue weighted by Gasteiger charge is -2.26. The van der Waals surface area contributed by atoms with Crippen molar-refractivity contribution < 1.29 is 17.9 Å². The fraction of sp³-hybridized carbons (Fsp3) is 0.350. The Morgan fingerprint density at radius 3 is 2.67 bits per heavy atom. The molecule has 1 aliphatic heterocycles. The average molecular weight is 416 g/mol. The van der Waals surface area contributed by atoms with Gasteiger partial charge in [-0.2, -0.15) is 23.4 Å². The Bertz CT molecular complexity index is 1190. The van der Waals surface area contributed by atoms with Gasteiger partial charge in [-0.15, -0.1) is 0 Å². The molecule has 1 aliphatic rings. The van der Waals surface area contributed by atoms with Gasteiger partial charge in [0, 0.05) is 30.4 Å². The second-order valence-corrected chi connectivity index (χ2v) is 7.32. The second-order valence-electron chi connectivity index (χ2n) is 7.32. The van der Waals surface area contributed by atoms with Crippen molar-refractivity contribution in [3.8, 4) is 11.3 Å². The minimum Gasteiger partial charge on any atom is -0.379 e. The molecule has 10 heteroatoms. The highest BCUT2D eigenvalue weighted by Crippen LogP contribution is 2.37. The standard InChI is InChI=1S/C20H19F3N6O/c21-20(22,23)19-14(11-25-28-19)17-9-12(3-4-29-5-7-30-8-6-29)18-13-10-24-27-15(13)1-2-16(18)26-17/h1-2,9-11H,3-8H2,(H,24,27)(H,25,28). The Balaban J connectivity index is 1.63. The summed E-state index contributed by atoms with van der Waals surface area (Å²) >= 11 is 0. The van der Waals surface area contributed by atoms with E-state index in [-0.39, 0.29) is 11.3 Å². The number of rotatable bonds is 4. The van der Waals surface area contributed by atoms with Gasteiger partial charge in [-0.1, -0.05) is 0 Å². The summed E-state index contributed by atoms with van der Waals surface area (Å²) in [6, 6.07) is 5.40. The van der Waals surface area contributed by atoms with E-state index < -0.39 is 11.9 Å². The Kier molecular flexibility index (Phi) is 4.67. The second kappa shape index (κ2) is 7.37. The number of ether oxygens (including phenoxy) is 1. The van der Waals surface area contributed by atoms with Crippen molar-refractivity contribution in [1.29, 1.82) is 0 Å². The molecule has 1 aromatic carbocycles. The normalized spacial score (nSPS) is 16.0. The van der Waals surface area contributed by atoms with E-state index in [0.717, 1.165) is 41.5 Å². The van der Waals surface area contributed by atoms with E-state index in [2.05, 4.69) is 30.3 Å². The van der Waals surface area contributed by atoms with Crippen LogP contribution in [0.1, 0.15) is 11.3 Å². The zero-order valence-corrected chi connectivity index (χ0v) is 16.0. The van der Waals surface area contributed by atoms with Crippen molar-refractivity contribution in [3.63, 3.8) is 0 Å². The van der Waals surface area contributed by atoms with Gasteiger partial charge < -0.3 is 4.74 Å². The monoisotopic (exact) mass is 416 g/mol. The molecule has 4 aromatic rings. The molecule has 0 bridgehead atoms. The average Bonchev–Trinajstić information content (AvgIpc) is 3.41.